The molecule has 0 radical (unpaired) electrons. The molecule has 2 heterocycles. The zero-order valence-corrected chi connectivity index (χ0v) is 20.0. The van der Waals surface area contributed by atoms with E-state index < -0.39 is 16.4 Å². The van der Waals surface area contributed by atoms with Crippen LogP contribution in [0.2, 0.25) is 0 Å². The van der Waals surface area contributed by atoms with Crippen LogP contribution < -0.4 is 15.5 Å². The Balaban J connectivity index is 1.51. The molecule has 1 saturated heterocycles. The summed E-state index contributed by atoms with van der Waals surface area (Å²) in [4.78, 5) is 23.7. The van der Waals surface area contributed by atoms with Crippen LogP contribution in [0.1, 0.15) is 18.5 Å². The number of benzene rings is 2. The van der Waals surface area contributed by atoms with Gasteiger partial charge in [0.25, 0.3) is 0 Å². The molecule has 0 spiro atoms. The summed E-state index contributed by atoms with van der Waals surface area (Å²) in [7, 11) is 1.55. The first-order valence-corrected chi connectivity index (χ1v) is 12.2. The first kappa shape index (κ1) is 23.5. The van der Waals surface area contributed by atoms with E-state index in [4.69, 9.17) is 14.7 Å². The SMILES string of the molecule is CNC(=O)Nc1ccc(-c2nc(N3CCOCC3)cc(C3(Sc4cc(F)ccc4F)CC3)n2)cc1. The molecular weight excluding hydrogens is 472 g/mol. The molecule has 35 heavy (non-hydrogen) atoms. The molecule has 1 aromatic heterocycles. The number of urea groups is 1. The molecule has 3 aromatic rings. The lowest BCUT2D eigenvalue weighted by molar-refractivity contribution is 0.122. The Kier molecular flexibility index (Phi) is 6.57. The standard InChI is InChI=1S/C25H25F2N5O2S/c1-28-24(33)29-18-5-2-16(3-6-18)23-30-21(15-22(31-23)32-10-12-34-13-11-32)25(8-9-25)35-20-14-17(26)4-7-19(20)27/h2-7,14-15H,8-13H2,1H3,(H2,28,29,33). The molecule has 10 heteroatoms. The molecular formula is C25H25F2N5O2S. The van der Waals surface area contributed by atoms with Crippen molar-refractivity contribution in [1.29, 1.82) is 0 Å². The van der Waals surface area contributed by atoms with Crippen LogP contribution in [-0.2, 0) is 9.48 Å². The molecule has 182 valence electrons. The van der Waals surface area contributed by atoms with Crippen molar-refractivity contribution in [2.75, 3.05) is 43.6 Å². The fraction of sp³-hybridized carbons (Fsp3) is 0.320. The molecule has 7 nitrogen and oxygen atoms in total. The second-order valence-electron chi connectivity index (χ2n) is 8.49. The lowest BCUT2D eigenvalue weighted by Crippen LogP contribution is -2.37. The highest BCUT2D eigenvalue weighted by atomic mass is 32.2. The first-order chi connectivity index (χ1) is 17.0. The maximum absolute atomic E-state index is 14.4. The fourth-order valence-corrected chi connectivity index (χ4v) is 5.21. The van der Waals surface area contributed by atoms with Crippen LogP contribution in [0.15, 0.2) is 53.4 Å². The zero-order valence-electron chi connectivity index (χ0n) is 19.2. The summed E-state index contributed by atoms with van der Waals surface area (Å²) in [5, 5.41) is 5.25. The molecule has 0 bridgehead atoms. The third-order valence-corrected chi connectivity index (χ3v) is 7.59. The predicted molar refractivity (Wildman–Crippen MR) is 132 cm³/mol. The number of rotatable bonds is 6. The van der Waals surface area contributed by atoms with Crippen LogP contribution in [0, 0.1) is 11.6 Å². The molecule has 5 rings (SSSR count). The van der Waals surface area contributed by atoms with Crippen molar-refractivity contribution in [3.05, 3.63) is 65.9 Å². The van der Waals surface area contributed by atoms with E-state index in [1.165, 1.54) is 17.8 Å². The van der Waals surface area contributed by atoms with Crippen molar-refractivity contribution in [2.45, 2.75) is 22.5 Å². The Morgan fingerprint density at radius 2 is 1.80 bits per heavy atom. The van der Waals surface area contributed by atoms with Crippen LogP contribution >= 0.6 is 11.8 Å². The van der Waals surface area contributed by atoms with Gasteiger partial charge >= 0.3 is 6.03 Å². The van der Waals surface area contributed by atoms with Crippen molar-refractivity contribution in [3.8, 4) is 11.4 Å². The highest BCUT2D eigenvalue weighted by molar-refractivity contribution is 8.00. The lowest BCUT2D eigenvalue weighted by Gasteiger charge is -2.29. The van der Waals surface area contributed by atoms with Gasteiger partial charge in [-0.3, -0.25) is 0 Å². The summed E-state index contributed by atoms with van der Waals surface area (Å²) in [6.07, 6.45) is 1.61. The molecule has 2 aromatic carbocycles. The number of anilines is 2. The van der Waals surface area contributed by atoms with Gasteiger partial charge in [0, 0.05) is 42.3 Å². The topological polar surface area (TPSA) is 79.4 Å². The van der Waals surface area contributed by atoms with Crippen LogP contribution in [0.4, 0.5) is 25.1 Å². The van der Waals surface area contributed by atoms with Crippen LogP contribution in [0.25, 0.3) is 11.4 Å². The molecule has 1 saturated carbocycles. The van der Waals surface area contributed by atoms with Crippen molar-refractivity contribution in [1.82, 2.24) is 15.3 Å². The highest BCUT2D eigenvalue weighted by Crippen LogP contribution is 2.59. The number of nitrogens with one attached hydrogen (secondary N) is 2. The quantitative estimate of drug-likeness (QED) is 0.510. The predicted octanol–water partition coefficient (Wildman–Crippen LogP) is 4.79. The van der Waals surface area contributed by atoms with Gasteiger partial charge in [-0.1, -0.05) is 0 Å². The Hall–Kier alpha value is -3.24. The van der Waals surface area contributed by atoms with Gasteiger partial charge in [-0.2, -0.15) is 0 Å². The minimum Gasteiger partial charge on any atom is -0.378 e. The van der Waals surface area contributed by atoms with Gasteiger partial charge in [0.15, 0.2) is 5.82 Å². The minimum absolute atomic E-state index is 0.278. The number of amides is 2. The minimum atomic E-state index is -0.465. The van der Waals surface area contributed by atoms with Crippen molar-refractivity contribution in [2.24, 2.45) is 0 Å². The van der Waals surface area contributed by atoms with Gasteiger partial charge < -0.3 is 20.3 Å². The van der Waals surface area contributed by atoms with E-state index in [1.807, 2.05) is 18.2 Å². The zero-order chi connectivity index (χ0) is 24.4. The average Bonchev–Trinajstić information content (AvgIpc) is 3.67. The largest absolute Gasteiger partial charge is 0.378 e. The summed E-state index contributed by atoms with van der Waals surface area (Å²) in [5.41, 5.74) is 2.24. The van der Waals surface area contributed by atoms with Crippen molar-refractivity contribution < 1.29 is 18.3 Å². The number of hydrogen-bond donors (Lipinski definition) is 2. The molecule has 0 unspecified atom stereocenters. The van der Waals surface area contributed by atoms with E-state index in [0.29, 0.717) is 37.8 Å². The van der Waals surface area contributed by atoms with Gasteiger partial charge in [0.1, 0.15) is 17.5 Å². The van der Waals surface area contributed by atoms with Gasteiger partial charge in [-0.15, -0.1) is 11.8 Å². The van der Waals surface area contributed by atoms with Gasteiger partial charge in [0.2, 0.25) is 0 Å². The van der Waals surface area contributed by atoms with E-state index in [1.54, 1.807) is 19.2 Å². The molecule has 2 fully saturated rings. The molecule has 0 atom stereocenters. The average molecular weight is 498 g/mol. The Morgan fingerprint density at radius 3 is 2.49 bits per heavy atom. The normalized spacial score (nSPS) is 16.6. The third kappa shape index (κ3) is 5.23. The molecule has 1 aliphatic carbocycles. The van der Waals surface area contributed by atoms with Gasteiger partial charge in [-0.05, 0) is 55.3 Å². The van der Waals surface area contributed by atoms with Gasteiger partial charge in [0.05, 0.1) is 23.7 Å². The summed E-state index contributed by atoms with van der Waals surface area (Å²) >= 11 is 1.32. The highest BCUT2D eigenvalue weighted by Gasteiger charge is 2.48. The lowest BCUT2D eigenvalue weighted by atomic mass is 10.1. The van der Waals surface area contributed by atoms with E-state index in [0.717, 1.165) is 42.0 Å². The van der Waals surface area contributed by atoms with E-state index in [2.05, 4.69) is 15.5 Å². The Bertz CT molecular complexity index is 1230. The van der Waals surface area contributed by atoms with E-state index >= 15 is 0 Å². The van der Waals surface area contributed by atoms with Crippen molar-refractivity contribution >= 4 is 29.3 Å². The first-order valence-electron chi connectivity index (χ1n) is 11.4. The van der Waals surface area contributed by atoms with Crippen LogP contribution in [-0.4, -0.2) is 49.4 Å². The molecule has 1 aliphatic heterocycles. The molecule has 2 N–H and O–H groups in total. The van der Waals surface area contributed by atoms with E-state index in [9.17, 15) is 13.6 Å². The number of hydrogen-bond acceptors (Lipinski definition) is 6. The smallest absolute Gasteiger partial charge is 0.318 e. The summed E-state index contributed by atoms with van der Waals surface area (Å²) < 4.78 is 33.3. The maximum atomic E-state index is 14.4. The number of thioether (sulfide) groups is 1. The Labute approximate surface area is 206 Å². The van der Waals surface area contributed by atoms with Crippen LogP contribution in [0.3, 0.4) is 0 Å². The van der Waals surface area contributed by atoms with Gasteiger partial charge in [-0.25, -0.2) is 23.5 Å². The van der Waals surface area contributed by atoms with Crippen molar-refractivity contribution in [3.63, 3.8) is 0 Å². The van der Waals surface area contributed by atoms with Crippen LogP contribution in [0.5, 0.6) is 0 Å². The number of halogens is 2. The third-order valence-electron chi connectivity index (χ3n) is 6.05. The number of carbonyl (C=O) groups excluding carboxylic acids is 1. The number of carbonyl (C=O) groups is 1. The summed E-state index contributed by atoms with van der Waals surface area (Å²) in [6, 6.07) is 12.5. The molecule has 2 aliphatic rings. The maximum Gasteiger partial charge on any atom is 0.318 e. The number of nitrogens with zero attached hydrogens (tertiary/aromatic N) is 3. The second-order valence-corrected chi connectivity index (χ2v) is 9.91. The van der Waals surface area contributed by atoms with E-state index in [-0.39, 0.29) is 10.9 Å². The number of ether oxygens (including phenoxy) is 1. The fourth-order valence-electron chi connectivity index (χ4n) is 3.94. The number of morpholine rings is 1. The second kappa shape index (κ2) is 9.79. The monoisotopic (exact) mass is 497 g/mol. The number of aromatic nitrogens is 2. The molecule has 2 amide bonds. The summed E-state index contributed by atoms with van der Waals surface area (Å²) in [6.45, 7) is 2.65. The summed E-state index contributed by atoms with van der Waals surface area (Å²) in [5.74, 6) is 0.423. The Morgan fingerprint density at radius 1 is 1.06 bits per heavy atom.